The van der Waals surface area contributed by atoms with Crippen LogP contribution in [-0.4, -0.2) is 28.0 Å². The average molecular weight is 557 g/mol. The molecule has 0 saturated heterocycles. The van der Waals surface area contributed by atoms with Crippen LogP contribution >= 0.6 is 0 Å². The monoisotopic (exact) mass is 556 g/mol. The Hall–Kier alpha value is -3.82. The highest BCUT2D eigenvalue weighted by molar-refractivity contribution is 6.05. The first-order valence-electron chi connectivity index (χ1n) is 13.2. The van der Waals surface area contributed by atoms with Gasteiger partial charge in [0.15, 0.2) is 0 Å². The van der Waals surface area contributed by atoms with Gasteiger partial charge in [-0.25, -0.2) is 4.99 Å². The Morgan fingerprint density at radius 1 is 1.15 bits per heavy atom. The summed E-state index contributed by atoms with van der Waals surface area (Å²) in [5.41, 5.74) is 6.89. The number of amidine groups is 1. The summed E-state index contributed by atoms with van der Waals surface area (Å²) in [5, 5.41) is 13.4. The SMILES string of the molecule is C[C@@H](c1ccc(C2=C3C(N)=NC=C(F)N3C(C3CC[C@](C)(C(=O)O)C3(C)C)N2)cc1)c1cccc(C(F)(F)F)c1. The summed E-state index contributed by atoms with van der Waals surface area (Å²) in [4.78, 5) is 17.7. The number of carboxylic acid groups (broad SMARTS) is 1. The van der Waals surface area contributed by atoms with E-state index in [0.717, 1.165) is 23.9 Å². The second kappa shape index (κ2) is 9.38. The van der Waals surface area contributed by atoms with Crippen LogP contribution < -0.4 is 11.1 Å². The number of aliphatic carboxylic acids is 1. The van der Waals surface area contributed by atoms with E-state index in [9.17, 15) is 23.1 Å². The van der Waals surface area contributed by atoms with Gasteiger partial charge < -0.3 is 16.2 Å². The van der Waals surface area contributed by atoms with Gasteiger partial charge in [-0.05, 0) is 47.9 Å². The van der Waals surface area contributed by atoms with Gasteiger partial charge in [-0.15, -0.1) is 0 Å². The molecular weight excluding hydrogens is 524 g/mol. The van der Waals surface area contributed by atoms with Crippen molar-refractivity contribution < 1.29 is 27.5 Å². The Labute approximate surface area is 230 Å². The van der Waals surface area contributed by atoms with Gasteiger partial charge in [0.1, 0.15) is 17.7 Å². The molecule has 4 N–H and O–H groups in total. The maximum Gasteiger partial charge on any atom is 0.416 e. The molecule has 2 aromatic rings. The third kappa shape index (κ3) is 4.24. The predicted octanol–water partition coefficient (Wildman–Crippen LogP) is 6.42. The number of hydrogen-bond donors (Lipinski definition) is 3. The van der Waals surface area contributed by atoms with Gasteiger partial charge in [-0.1, -0.05) is 63.2 Å². The Morgan fingerprint density at radius 2 is 1.82 bits per heavy atom. The lowest BCUT2D eigenvalue weighted by Gasteiger charge is -2.43. The van der Waals surface area contributed by atoms with Gasteiger partial charge in [0, 0.05) is 11.8 Å². The van der Waals surface area contributed by atoms with Crippen molar-refractivity contribution in [1.82, 2.24) is 10.2 Å². The van der Waals surface area contributed by atoms with Crippen LogP contribution in [0.25, 0.3) is 5.70 Å². The van der Waals surface area contributed by atoms with Crippen molar-refractivity contribution in [2.75, 3.05) is 0 Å². The summed E-state index contributed by atoms with van der Waals surface area (Å²) in [5.74, 6) is -1.88. The Kier molecular flexibility index (Phi) is 6.51. The summed E-state index contributed by atoms with van der Waals surface area (Å²) in [6.45, 7) is 7.39. The zero-order valence-electron chi connectivity index (χ0n) is 22.7. The molecule has 2 aromatic carbocycles. The third-order valence-corrected chi connectivity index (χ3v) is 9.40. The number of halogens is 4. The van der Waals surface area contributed by atoms with E-state index in [2.05, 4.69) is 10.3 Å². The third-order valence-electron chi connectivity index (χ3n) is 9.40. The molecule has 2 heterocycles. The molecule has 2 unspecified atom stereocenters. The first-order valence-corrected chi connectivity index (χ1v) is 13.2. The molecule has 0 radical (unpaired) electrons. The van der Waals surface area contributed by atoms with Crippen molar-refractivity contribution >= 4 is 17.5 Å². The molecule has 5 rings (SSSR count). The highest BCUT2D eigenvalue weighted by atomic mass is 19.4. The van der Waals surface area contributed by atoms with Gasteiger partial charge in [-0.2, -0.15) is 17.6 Å². The van der Waals surface area contributed by atoms with Crippen LogP contribution in [0.15, 0.2) is 71.4 Å². The fourth-order valence-electron chi connectivity index (χ4n) is 6.36. The average Bonchev–Trinajstić information content (AvgIpc) is 3.41. The number of nitrogens with one attached hydrogen (secondary N) is 1. The number of carboxylic acids is 1. The molecule has 0 bridgehead atoms. The molecule has 1 aliphatic carbocycles. The maximum absolute atomic E-state index is 15.3. The minimum atomic E-state index is -4.43. The standard InChI is InChI=1S/C30H32F4N4O2/c1-16(19-6-5-7-20(14-19)30(32,33)34)17-8-10-18(11-9-17)23-24-25(35)36-15-22(31)38(24)26(37-23)21-12-13-29(4,27(39)40)28(21,2)3/h5-11,14-16,21,26,37H,12-13H2,1-4H3,(H2,35,36)(H,39,40)/t16-,21?,26?,29+/m0/s1. The fraction of sp³-hybridized carbons (Fsp3) is 0.400. The number of carbonyl (C=O) groups is 1. The molecule has 1 fully saturated rings. The fourth-order valence-corrected chi connectivity index (χ4v) is 6.36. The highest BCUT2D eigenvalue weighted by Crippen LogP contribution is 2.59. The van der Waals surface area contributed by atoms with Gasteiger partial charge in [0.25, 0.3) is 0 Å². The smallest absolute Gasteiger partial charge is 0.416 e. The van der Waals surface area contributed by atoms with Gasteiger partial charge in [-0.3, -0.25) is 9.69 Å². The van der Waals surface area contributed by atoms with Crippen LogP contribution in [0.2, 0.25) is 0 Å². The second-order valence-corrected chi connectivity index (χ2v) is 11.6. The molecule has 4 atom stereocenters. The Bertz CT molecular complexity index is 1440. The summed E-state index contributed by atoms with van der Waals surface area (Å²) < 4.78 is 55.0. The van der Waals surface area contributed by atoms with E-state index in [0.29, 0.717) is 35.4 Å². The molecule has 40 heavy (non-hydrogen) atoms. The first kappa shape index (κ1) is 27.7. The van der Waals surface area contributed by atoms with Gasteiger partial charge >= 0.3 is 12.1 Å². The maximum atomic E-state index is 15.3. The number of fused-ring (bicyclic) bond motifs is 1. The van der Waals surface area contributed by atoms with Crippen LogP contribution in [0, 0.1) is 16.7 Å². The number of hydrogen-bond acceptors (Lipinski definition) is 5. The van der Waals surface area contributed by atoms with Crippen LogP contribution in [0.4, 0.5) is 17.6 Å². The summed E-state index contributed by atoms with van der Waals surface area (Å²) in [6.07, 6.45) is -2.93. The van der Waals surface area contributed by atoms with Crippen molar-refractivity contribution in [2.24, 2.45) is 27.5 Å². The van der Waals surface area contributed by atoms with E-state index in [-0.39, 0.29) is 17.7 Å². The molecule has 3 aliphatic rings. The molecular formula is C30H32F4N4O2. The number of rotatable bonds is 5. The Morgan fingerprint density at radius 3 is 2.42 bits per heavy atom. The van der Waals surface area contributed by atoms with E-state index in [1.165, 1.54) is 11.0 Å². The zero-order valence-corrected chi connectivity index (χ0v) is 22.7. The van der Waals surface area contributed by atoms with E-state index in [4.69, 9.17) is 5.73 Å². The van der Waals surface area contributed by atoms with Crippen molar-refractivity contribution in [1.29, 1.82) is 0 Å². The van der Waals surface area contributed by atoms with Crippen LogP contribution in [-0.2, 0) is 11.0 Å². The zero-order chi connectivity index (χ0) is 29.2. The minimum absolute atomic E-state index is 0.129. The minimum Gasteiger partial charge on any atom is -0.481 e. The normalized spacial score (nSPS) is 26.6. The number of aliphatic imine (C=N–C) groups is 1. The van der Waals surface area contributed by atoms with Crippen LogP contribution in [0.1, 0.15) is 68.7 Å². The molecule has 212 valence electrons. The highest BCUT2D eigenvalue weighted by Gasteiger charge is 2.60. The van der Waals surface area contributed by atoms with E-state index < -0.39 is 40.7 Å². The quantitative estimate of drug-likeness (QED) is 0.292. The number of alkyl halides is 3. The molecule has 1 saturated carbocycles. The lowest BCUT2D eigenvalue weighted by molar-refractivity contribution is -0.155. The number of nitrogens with zero attached hydrogens (tertiary/aromatic N) is 2. The number of nitrogens with two attached hydrogens (primary N) is 1. The van der Waals surface area contributed by atoms with Crippen molar-refractivity contribution in [3.8, 4) is 0 Å². The first-order chi connectivity index (χ1) is 18.7. The molecule has 0 aromatic heterocycles. The lowest BCUT2D eigenvalue weighted by atomic mass is 9.65. The van der Waals surface area contributed by atoms with Crippen LogP contribution in [0.3, 0.4) is 0 Å². The van der Waals surface area contributed by atoms with Crippen molar-refractivity contribution in [3.63, 3.8) is 0 Å². The molecule has 6 nitrogen and oxygen atoms in total. The van der Waals surface area contributed by atoms with Crippen LogP contribution in [0.5, 0.6) is 0 Å². The Balaban J connectivity index is 1.48. The molecule has 10 heteroatoms. The van der Waals surface area contributed by atoms with Gasteiger partial charge in [0.05, 0.1) is 22.9 Å². The van der Waals surface area contributed by atoms with E-state index in [1.54, 1.807) is 13.0 Å². The molecule has 2 aliphatic heterocycles. The lowest BCUT2D eigenvalue weighted by Crippen LogP contribution is -2.51. The van der Waals surface area contributed by atoms with Gasteiger partial charge in [0.2, 0.25) is 5.95 Å². The molecule has 0 spiro atoms. The predicted molar refractivity (Wildman–Crippen MR) is 144 cm³/mol. The van der Waals surface area contributed by atoms with Crippen molar-refractivity contribution in [3.05, 3.63) is 88.6 Å². The van der Waals surface area contributed by atoms with E-state index in [1.807, 2.05) is 45.0 Å². The summed E-state index contributed by atoms with van der Waals surface area (Å²) >= 11 is 0. The molecule has 0 amide bonds. The topological polar surface area (TPSA) is 91.0 Å². The number of benzene rings is 2. The van der Waals surface area contributed by atoms with E-state index >= 15 is 4.39 Å². The summed E-state index contributed by atoms with van der Waals surface area (Å²) in [7, 11) is 0. The second-order valence-electron chi connectivity index (χ2n) is 11.6. The largest absolute Gasteiger partial charge is 0.481 e. The summed E-state index contributed by atoms with van der Waals surface area (Å²) in [6, 6.07) is 12.6. The van der Waals surface area contributed by atoms with Crippen molar-refractivity contribution in [2.45, 2.75) is 58.8 Å².